The van der Waals surface area contributed by atoms with E-state index in [2.05, 4.69) is 18.6 Å². The van der Waals surface area contributed by atoms with Crippen molar-refractivity contribution in [3.63, 3.8) is 0 Å². The second kappa shape index (κ2) is 9.17. The Balaban J connectivity index is 2.11. The predicted octanol–water partition coefficient (Wildman–Crippen LogP) is 4.95. The van der Waals surface area contributed by atoms with Crippen LogP contribution in [-0.2, 0) is 15.8 Å². The molecule has 0 aliphatic heterocycles. The van der Waals surface area contributed by atoms with Gasteiger partial charge in [-0.05, 0) is 48.7 Å². The van der Waals surface area contributed by atoms with Crippen LogP contribution in [0.4, 0.5) is 0 Å². The van der Waals surface area contributed by atoms with Gasteiger partial charge < -0.3 is 0 Å². The van der Waals surface area contributed by atoms with Crippen LogP contribution >= 0.6 is 7.29 Å². The van der Waals surface area contributed by atoms with Crippen LogP contribution < -0.4 is 15.7 Å². The second-order valence-corrected chi connectivity index (χ2v) is 9.53. The van der Waals surface area contributed by atoms with E-state index in [9.17, 15) is 9.36 Å². The molecule has 0 amide bonds. The van der Waals surface area contributed by atoms with Crippen molar-refractivity contribution in [2.24, 2.45) is 0 Å². The van der Waals surface area contributed by atoms with Crippen LogP contribution in [-0.4, -0.2) is 5.78 Å². The Hall–Kier alpha value is -2.74. The topological polar surface area (TPSA) is 46.2 Å². The molecule has 3 aromatic carbocycles. The molecule has 3 nitrogen and oxygen atoms in total. The monoisotopic (exact) mass is 403 g/mol. The number of aryl methyl sites for hydroxylation is 1. The van der Waals surface area contributed by atoms with Gasteiger partial charge in [0.1, 0.15) is 0 Å². The van der Waals surface area contributed by atoms with Gasteiger partial charge >= 0.3 is 0 Å². The van der Waals surface area contributed by atoms with Gasteiger partial charge in [0.2, 0.25) is 7.29 Å². The molecule has 0 spiro atoms. The lowest BCUT2D eigenvalue weighted by Crippen LogP contribution is -2.32. The molecule has 3 rings (SSSR count). The highest BCUT2D eigenvalue weighted by Crippen LogP contribution is 2.43. The average molecular weight is 403 g/mol. The smallest absolute Gasteiger partial charge is 0.205 e. The molecule has 1 atom stereocenters. The summed E-state index contributed by atoms with van der Waals surface area (Å²) in [6.45, 7) is 7.60. The molecule has 4 heteroatoms. The number of hydrogen-bond donors (Lipinski definition) is 1. The Morgan fingerprint density at radius 3 is 1.79 bits per heavy atom. The van der Waals surface area contributed by atoms with Gasteiger partial charge in [-0.1, -0.05) is 74.2 Å². The number of hydrogen-bond acceptors (Lipinski definition) is 2. The summed E-state index contributed by atoms with van der Waals surface area (Å²) in [5.41, 5.74) is 2.46. The molecule has 0 saturated carbocycles. The van der Waals surface area contributed by atoms with Gasteiger partial charge in [-0.3, -0.25) is 9.36 Å². The highest BCUT2D eigenvalue weighted by molar-refractivity contribution is 7.76. The van der Waals surface area contributed by atoms with Crippen LogP contribution in [0.3, 0.4) is 0 Å². The van der Waals surface area contributed by atoms with Crippen LogP contribution in [0, 0.1) is 0 Å². The average Bonchev–Trinajstić information content (AvgIpc) is 2.78. The van der Waals surface area contributed by atoms with Gasteiger partial charge in [0.05, 0.1) is 6.04 Å². The quantitative estimate of drug-likeness (QED) is 0.427. The molecule has 0 heterocycles. The van der Waals surface area contributed by atoms with Gasteiger partial charge in [0, 0.05) is 16.2 Å². The SMILES string of the molecule is C=C(C(C)=O)C(NP(=O)(c1ccccc1)c1ccccc1)c1ccc(CC)cc1. The molecule has 0 saturated heterocycles. The van der Waals surface area contributed by atoms with Crippen LogP contribution in [0.1, 0.15) is 31.0 Å². The molecule has 0 fully saturated rings. The Morgan fingerprint density at radius 2 is 1.38 bits per heavy atom. The van der Waals surface area contributed by atoms with Crippen molar-refractivity contribution < 1.29 is 9.36 Å². The zero-order valence-corrected chi connectivity index (χ0v) is 17.7. The van der Waals surface area contributed by atoms with Crippen LogP contribution in [0.2, 0.25) is 0 Å². The Kier molecular flexibility index (Phi) is 6.64. The van der Waals surface area contributed by atoms with Gasteiger partial charge in [0.25, 0.3) is 0 Å². The minimum absolute atomic E-state index is 0.130. The maximum Gasteiger partial charge on any atom is 0.205 e. The fraction of sp³-hybridized carbons (Fsp3) is 0.160. The molecule has 0 aliphatic rings. The Labute approximate surface area is 172 Å². The zero-order chi connectivity index (χ0) is 20.9. The lowest BCUT2D eigenvalue weighted by molar-refractivity contribution is -0.113. The maximum absolute atomic E-state index is 14.4. The first-order valence-electron chi connectivity index (χ1n) is 9.73. The molecule has 29 heavy (non-hydrogen) atoms. The Morgan fingerprint density at radius 1 is 0.897 bits per heavy atom. The highest BCUT2D eigenvalue weighted by atomic mass is 31.2. The number of nitrogens with one attached hydrogen (secondary N) is 1. The minimum Gasteiger partial charge on any atom is -0.296 e. The fourth-order valence-corrected chi connectivity index (χ4v) is 5.71. The van der Waals surface area contributed by atoms with Crippen LogP contribution in [0.5, 0.6) is 0 Å². The van der Waals surface area contributed by atoms with Crippen LogP contribution in [0.25, 0.3) is 0 Å². The molecule has 3 aromatic rings. The van der Waals surface area contributed by atoms with E-state index in [1.807, 2.05) is 84.9 Å². The number of Topliss-reactive ketones (excluding diaryl/α,β-unsaturated/α-hetero) is 1. The molecular weight excluding hydrogens is 377 g/mol. The third kappa shape index (κ3) is 4.64. The molecule has 1 unspecified atom stereocenters. The van der Waals surface area contributed by atoms with Crippen molar-refractivity contribution in [3.05, 3.63) is 108 Å². The van der Waals surface area contributed by atoms with Crippen molar-refractivity contribution in [3.8, 4) is 0 Å². The number of carbonyl (C=O) groups excluding carboxylic acids is 1. The predicted molar refractivity (Wildman–Crippen MR) is 121 cm³/mol. The normalized spacial score (nSPS) is 12.3. The lowest BCUT2D eigenvalue weighted by Gasteiger charge is -2.28. The molecule has 148 valence electrons. The highest BCUT2D eigenvalue weighted by Gasteiger charge is 2.32. The summed E-state index contributed by atoms with van der Waals surface area (Å²) in [6.07, 6.45) is 0.929. The summed E-state index contributed by atoms with van der Waals surface area (Å²) in [5.74, 6) is -0.130. The molecule has 0 aliphatic carbocycles. The Bertz CT molecular complexity index is 984. The summed E-state index contributed by atoms with van der Waals surface area (Å²) >= 11 is 0. The van der Waals surface area contributed by atoms with E-state index in [0.717, 1.165) is 12.0 Å². The molecular formula is C25H26NO2P. The second-order valence-electron chi connectivity index (χ2n) is 7.02. The summed E-state index contributed by atoms with van der Waals surface area (Å²) in [6, 6.07) is 26.2. The van der Waals surface area contributed by atoms with Gasteiger partial charge in [-0.2, -0.15) is 0 Å². The maximum atomic E-state index is 14.4. The number of rotatable bonds is 8. The standard InChI is InChI=1S/C25H26NO2P/c1-4-21-15-17-22(18-16-21)25(19(2)20(3)27)26-29(28,23-11-7-5-8-12-23)24-13-9-6-10-14-24/h5-18,25H,2,4H2,1,3H3,(H,26,28). The van der Waals surface area contributed by atoms with E-state index in [1.165, 1.54) is 12.5 Å². The summed E-state index contributed by atoms with van der Waals surface area (Å²) in [7, 11) is -3.22. The summed E-state index contributed by atoms with van der Waals surface area (Å²) in [4.78, 5) is 12.2. The molecule has 1 N–H and O–H groups in total. The van der Waals surface area contributed by atoms with Gasteiger partial charge in [-0.25, -0.2) is 5.09 Å². The van der Waals surface area contributed by atoms with E-state index < -0.39 is 13.3 Å². The van der Waals surface area contributed by atoms with Gasteiger partial charge in [-0.15, -0.1) is 0 Å². The third-order valence-electron chi connectivity index (χ3n) is 5.07. The van der Waals surface area contributed by atoms with E-state index in [0.29, 0.717) is 16.2 Å². The van der Waals surface area contributed by atoms with Crippen molar-refractivity contribution in [2.45, 2.75) is 26.3 Å². The first-order valence-corrected chi connectivity index (χ1v) is 11.4. The summed E-state index contributed by atoms with van der Waals surface area (Å²) < 4.78 is 14.4. The van der Waals surface area contributed by atoms with E-state index in [1.54, 1.807) is 0 Å². The molecule has 0 aromatic heterocycles. The largest absolute Gasteiger partial charge is 0.296 e. The van der Waals surface area contributed by atoms with Crippen LogP contribution in [0.15, 0.2) is 97.1 Å². The van der Waals surface area contributed by atoms with Crippen molar-refractivity contribution >= 4 is 23.7 Å². The first-order chi connectivity index (χ1) is 14.0. The van der Waals surface area contributed by atoms with E-state index in [4.69, 9.17) is 0 Å². The first kappa shape index (κ1) is 21.0. The number of ketones is 1. The fourth-order valence-electron chi connectivity index (χ4n) is 3.26. The van der Waals surface area contributed by atoms with E-state index >= 15 is 0 Å². The number of benzene rings is 3. The third-order valence-corrected chi connectivity index (χ3v) is 7.75. The number of carbonyl (C=O) groups is 1. The van der Waals surface area contributed by atoms with Gasteiger partial charge in [0.15, 0.2) is 5.78 Å². The molecule has 0 radical (unpaired) electrons. The zero-order valence-electron chi connectivity index (χ0n) is 16.8. The lowest BCUT2D eigenvalue weighted by atomic mass is 9.97. The minimum atomic E-state index is -3.22. The van der Waals surface area contributed by atoms with Crippen molar-refractivity contribution in [1.82, 2.24) is 5.09 Å². The summed E-state index contributed by atoms with van der Waals surface area (Å²) in [5, 5.41) is 4.72. The van der Waals surface area contributed by atoms with E-state index in [-0.39, 0.29) is 5.78 Å². The molecule has 0 bridgehead atoms. The van der Waals surface area contributed by atoms with Crippen molar-refractivity contribution in [1.29, 1.82) is 0 Å². The van der Waals surface area contributed by atoms with Crippen molar-refractivity contribution in [2.75, 3.05) is 0 Å².